The summed E-state index contributed by atoms with van der Waals surface area (Å²) in [6.07, 6.45) is 2.36. The van der Waals surface area contributed by atoms with Crippen LogP contribution >= 0.6 is 11.8 Å². The van der Waals surface area contributed by atoms with Gasteiger partial charge in [0.2, 0.25) is 0 Å². The van der Waals surface area contributed by atoms with Crippen molar-refractivity contribution in [2.75, 3.05) is 30.5 Å². The highest BCUT2D eigenvalue weighted by molar-refractivity contribution is 7.98. The summed E-state index contributed by atoms with van der Waals surface area (Å²) >= 11 is 1.44. The number of aromatic nitrogens is 2. The monoisotopic (exact) mass is 223 g/mol. The molecule has 0 bridgehead atoms. The number of thioether (sulfide) groups is 1. The van der Waals surface area contributed by atoms with E-state index in [4.69, 9.17) is 11.0 Å². The third-order valence-electron chi connectivity index (χ3n) is 1.84. The zero-order chi connectivity index (χ0) is 11.3. The van der Waals surface area contributed by atoms with Gasteiger partial charge in [-0.15, -0.1) is 0 Å². The average Bonchev–Trinajstić information content (AvgIpc) is 2.24. The zero-order valence-corrected chi connectivity index (χ0v) is 9.58. The largest absolute Gasteiger partial charge is 0.383 e. The standard InChI is InChI=1S/C9H13N5S/c1-14(5-3-4-10)8-6-7(11)12-9(13-8)15-2/h6H,3,5H2,1-2H3,(H2,11,12,13). The van der Waals surface area contributed by atoms with Gasteiger partial charge in [-0.3, -0.25) is 0 Å². The van der Waals surface area contributed by atoms with E-state index in [1.54, 1.807) is 6.07 Å². The summed E-state index contributed by atoms with van der Waals surface area (Å²) in [6.45, 7) is 0.640. The molecule has 0 aliphatic heterocycles. The van der Waals surface area contributed by atoms with Crippen molar-refractivity contribution in [2.24, 2.45) is 0 Å². The number of nitrogens with two attached hydrogens (primary N) is 1. The van der Waals surface area contributed by atoms with Crippen LogP contribution in [-0.4, -0.2) is 29.8 Å². The summed E-state index contributed by atoms with van der Waals surface area (Å²) in [5, 5.41) is 9.13. The molecular weight excluding hydrogens is 210 g/mol. The molecule has 80 valence electrons. The van der Waals surface area contributed by atoms with Crippen LogP contribution in [0.4, 0.5) is 11.6 Å². The third-order valence-corrected chi connectivity index (χ3v) is 2.39. The molecule has 0 spiro atoms. The maximum atomic E-state index is 8.48. The number of hydrogen-bond donors (Lipinski definition) is 1. The first kappa shape index (κ1) is 11.6. The van der Waals surface area contributed by atoms with Crippen molar-refractivity contribution in [3.63, 3.8) is 0 Å². The van der Waals surface area contributed by atoms with Crippen LogP contribution < -0.4 is 10.6 Å². The minimum Gasteiger partial charge on any atom is -0.383 e. The first-order chi connectivity index (χ1) is 7.17. The normalized spacial score (nSPS) is 9.67. The molecule has 0 unspecified atom stereocenters. The van der Waals surface area contributed by atoms with E-state index in [1.807, 2.05) is 18.2 Å². The minimum absolute atomic E-state index is 0.452. The summed E-state index contributed by atoms with van der Waals surface area (Å²) in [7, 11) is 1.88. The van der Waals surface area contributed by atoms with Crippen molar-refractivity contribution < 1.29 is 0 Å². The van der Waals surface area contributed by atoms with E-state index in [2.05, 4.69) is 16.0 Å². The van der Waals surface area contributed by atoms with Gasteiger partial charge in [0.05, 0.1) is 12.5 Å². The molecule has 0 amide bonds. The van der Waals surface area contributed by atoms with Gasteiger partial charge in [0.25, 0.3) is 0 Å². The Hall–Kier alpha value is -1.48. The van der Waals surface area contributed by atoms with Gasteiger partial charge in [0.15, 0.2) is 5.16 Å². The predicted molar refractivity (Wildman–Crippen MR) is 61.7 cm³/mol. The minimum atomic E-state index is 0.452. The SMILES string of the molecule is CSc1nc(N)cc(N(C)CCC#N)n1. The summed E-state index contributed by atoms with van der Waals surface area (Å²) < 4.78 is 0. The van der Waals surface area contributed by atoms with E-state index in [1.165, 1.54) is 11.8 Å². The van der Waals surface area contributed by atoms with Crippen molar-refractivity contribution in [3.05, 3.63) is 6.07 Å². The molecule has 0 atom stereocenters. The maximum Gasteiger partial charge on any atom is 0.191 e. The number of nitrogens with zero attached hydrogens (tertiary/aromatic N) is 4. The molecule has 6 heteroatoms. The van der Waals surface area contributed by atoms with Gasteiger partial charge in [-0.2, -0.15) is 5.26 Å². The van der Waals surface area contributed by atoms with Gasteiger partial charge >= 0.3 is 0 Å². The number of hydrogen-bond acceptors (Lipinski definition) is 6. The van der Waals surface area contributed by atoms with Gasteiger partial charge < -0.3 is 10.6 Å². The van der Waals surface area contributed by atoms with Crippen molar-refractivity contribution in [3.8, 4) is 6.07 Å². The Kier molecular flexibility index (Phi) is 4.18. The van der Waals surface area contributed by atoms with E-state index in [9.17, 15) is 0 Å². The summed E-state index contributed by atoms with van der Waals surface area (Å²) in [4.78, 5) is 10.2. The molecule has 15 heavy (non-hydrogen) atoms. The lowest BCUT2D eigenvalue weighted by Gasteiger charge is -2.16. The summed E-state index contributed by atoms with van der Waals surface area (Å²) in [6, 6.07) is 3.80. The molecule has 1 aromatic rings. The van der Waals surface area contributed by atoms with E-state index in [0.29, 0.717) is 23.9 Å². The van der Waals surface area contributed by atoms with E-state index < -0.39 is 0 Å². The van der Waals surface area contributed by atoms with E-state index in [0.717, 1.165) is 5.82 Å². The lowest BCUT2D eigenvalue weighted by molar-refractivity contribution is 0.854. The number of nitrogen functional groups attached to an aromatic ring is 1. The number of anilines is 2. The quantitative estimate of drug-likeness (QED) is 0.609. The van der Waals surface area contributed by atoms with Crippen molar-refractivity contribution >= 4 is 23.4 Å². The molecule has 0 saturated heterocycles. The molecule has 1 rings (SSSR count). The van der Waals surface area contributed by atoms with Crippen molar-refractivity contribution in [2.45, 2.75) is 11.6 Å². The lowest BCUT2D eigenvalue weighted by atomic mass is 10.4. The fraction of sp³-hybridized carbons (Fsp3) is 0.444. The molecule has 2 N–H and O–H groups in total. The molecule has 0 aliphatic carbocycles. The predicted octanol–water partition coefficient (Wildman–Crippen LogP) is 1.13. The number of nitriles is 1. The first-order valence-corrected chi connectivity index (χ1v) is 5.66. The smallest absolute Gasteiger partial charge is 0.191 e. The second-order valence-electron chi connectivity index (χ2n) is 2.97. The molecule has 0 aromatic carbocycles. The van der Waals surface area contributed by atoms with Crippen LogP contribution in [0.5, 0.6) is 0 Å². The molecule has 0 fully saturated rings. The molecule has 1 heterocycles. The Labute approximate surface area is 93.3 Å². The zero-order valence-electron chi connectivity index (χ0n) is 8.77. The molecule has 0 aliphatic rings. The molecule has 0 saturated carbocycles. The highest BCUT2D eigenvalue weighted by atomic mass is 32.2. The molecular formula is C9H13N5S. The topological polar surface area (TPSA) is 78.8 Å². The summed E-state index contributed by atoms with van der Waals surface area (Å²) in [5.41, 5.74) is 5.65. The first-order valence-electron chi connectivity index (χ1n) is 4.44. The van der Waals surface area contributed by atoms with Crippen LogP contribution in [0, 0.1) is 11.3 Å². The van der Waals surface area contributed by atoms with Gasteiger partial charge in [0.1, 0.15) is 11.6 Å². The lowest BCUT2D eigenvalue weighted by Crippen LogP contribution is -2.20. The van der Waals surface area contributed by atoms with Crippen LogP contribution in [-0.2, 0) is 0 Å². The van der Waals surface area contributed by atoms with Crippen LogP contribution in [0.1, 0.15) is 6.42 Å². The highest BCUT2D eigenvalue weighted by Crippen LogP contribution is 2.17. The maximum absolute atomic E-state index is 8.48. The van der Waals surface area contributed by atoms with Crippen LogP contribution in [0.25, 0.3) is 0 Å². The molecule has 5 nitrogen and oxygen atoms in total. The van der Waals surface area contributed by atoms with Gasteiger partial charge in [-0.05, 0) is 6.26 Å². The fourth-order valence-electron chi connectivity index (χ4n) is 1.05. The van der Waals surface area contributed by atoms with Gasteiger partial charge in [0, 0.05) is 19.7 Å². The van der Waals surface area contributed by atoms with Crippen molar-refractivity contribution in [1.29, 1.82) is 5.26 Å². The Morgan fingerprint density at radius 3 is 2.93 bits per heavy atom. The third kappa shape index (κ3) is 3.29. The second-order valence-corrected chi connectivity index (χ2v) is 3.74. The van der Waals surface area contributed by atoms with E-state index in [-0.39, 0.29) is 0 Å². The average molecular weight is 223 g/mol. The van der Waals surface area contributed by atoms with Gasteiger partial charge in [-0.25, -0.2) is 9.97 Å². The van der Waals surface area contributed by atoms with Crippen molar-refractivity contribution in [1.82, 2.24) is 9.97 Å². The van der Waals surface area contributed by atoms with E-state index >= 15 is 0 Å². The Morgan fingerprint density at radius 1 is 1.60 bits per heavy atom. The fourth-order valence-corrected chi connectivity index (χ4v) is 1.43. The van der Waals surface area contributed by atoms with Gasteiger partial charge in [-0.1, -0.05) is 11.8 Å². The van der Waals surface area contributed by atoms with Crippen LogP contribution in [0.3, 0.4) is 0 Å². The second kappa shape index (κ2) is 5.41. The van der Waals surface area contributed by atoms with Crippen LogP contribution in [0.2, 0.25) is 0 Å². The Balaban J connectivity index is 2.84. The van der Waals surface area contributed by atoms with Crippen LogP contribution in [0.15, 0.2) is 11.2 Å². The highest BCUT2D eigenvalue weighted by Gasteiger charge is 2.05. The summed E-state index contributed by atoms with van der Waals surface area (Å²) in [5.74, 6) is 1.20. The molecule has 0 radical (unpaired) electrons. The Morgan fingerprint density at radius 2 is 2.33 bits per heavy atom. The Bertz CT molecular complexity index is 373. The number of rotatable bonds is 4. The molecule has 1 aromatic heterocycles.